The Morgan fingerprint density at radius 2 is 2.00 bits per heavy atom. The molecule has 0 fully saturated rings. The van der Waals surface area contributed by atoms with Crippen LogP contribution in [0.2, 0.25) is 0 Å². The van der Waals surface area contributed by atoms with Crippen LogP contribution in [0.4, 0.5) is 17.6 Å². The van der Waals surface area contributed by atoms with Gasteiger partial charge in [0, 0.05) is 12.0 Å². The van der Waals surface area contributed by atoms with E-state index in [4.69, 9.17) is 0 Å². The second kappa shape index (κ2) is 5.87. The minimum atomic E-state index is -4.55. The molecule has 0 saturated heterocycles. The highest BCUT2D eigenvalue weighted by Crippen LogP contribution is 2.32. The SMILES string of the molecule is CC#CCCC(O)c1cc(C(F)(F)F)ccc1F. The van der Waals surface area contributed by atoms with Crippen molar-refractivity contribution in [3.8, 4) is 11.8 Å². The van der Waals surface area contributed by atoms with Gasteiger partial charge in [0.1, 0.15) is 5.82 Å². The van der Waals surface area contributed by atoms with Crippen molar-refractivity contribution in [2.75, 3.05) is 0 Å². The molecule has 18 heavy (non-hydrogen) atoms. The first-order valence-electron chi connectivity index (χ1n) is 5.30. The smallest absolute Gasteiger partial charge is 0.388 e. The number of benzene rings is 1. The standard InChI is InChI=1S/C13H12F4O/c1-2-3-4-5-12(18)10-8-9(13(15,16)17)6-7-11(10)14/h6-8,12,18H,4-5H2,1H3. The van der Waals surface area contributed by atoms with E-state index >= 15 is 0 Å². The van der Waals surface area contributed by atoms with Gasteiger partial charge in [-0.05, 0) is 31.5 Å². The predicted molar refractivity (Wildman–Crippen MR) is 59.0 cm³/mol. The summed E-state index contributed by atoms with van der Waals surface area (Å²) >= 11 is 0. The van der Waals surface area contributed by atoms with E-state index in [1.807, 2.05) is 0 Å². The van der Waals surface area contributed by atoms with Crippen molar-refractivity contribution in [3.05, 3.63) is 35.1 Å². The predicted octanol–water partition coefficient (Wildman–Crippen LogP) is 3.68. The Labute approximate surface area is 102 Å². The Morgan fingerprint density at radius 1 is 1.33 bits per heavy atom. The van der Waals surface area contributed by atoms with Crippen LogP contribution >= 0.6 is 0 Å². The van der Waals surface area contributed by atoms with Crippen LogP contribution in [0.15, 0.2) is 18.2 Å². The van der Waals surface area contributed by atoms with E-state index < -0.39 is 23.7 Å². The molecule has 0 aliphatic carbocycles. The van der Waals surface area contributed by atoms with Gasteiger partial charge in [-0.1, -0.05) is 0 Å². The Hall–Kier alpha value is -1.54. The van der Waals surface area contributed by atoms with E-state index in [0.717, 1.165) is 0 Å². The second-order valence-corrected chi connectivity index (χ2v) is 3.72. The lowest BCUT2D eigenvalue weighted by molar-refractivity contribution is -0.137. The lowest BCUT2D eigenvalue weighted by Gasteiger charge is -2.13. The molecule has 0 bridgehead atoms. The first-order valence-corrected chi connectivity index (χ1v) is 5.30. The Balaban J connectivity index is 2.95. The van der Waals surface area contributed by atoms with Gasteiger partial charge in [0.15, 0.2) is 0 Å². The maximum Gasteiger partial charge on any atom is 0.416 e. The van der Waals surface area contributed by atoms with Gasteiger partial charge in [-0.3, -0.25) is 0 Å². The maximum atomic E-state index is 13.4. The molecule has 98 valence electrons. The molecule has 0 spiro atoms. The van der Waals surface area contributed by atoms with Crippen LogP contribution in [0, 0.1) is 17.7 Å². The second-order valence-electron chi connectivity index (χ2n) is 3.72. The summed E-state index contributed by atoms with van der Waals surface area (Å²) < 4.78 is 50.7. The van der Waals surface area contributed by atoms with Crippen LogP contribution in [-0.2, 0) is 6.18 Å². The topological polar surface area (TPSA) is 20.2 Å². The third-order valence-corrected chi connectivity index (χ3v) is 2.40. The minimum absolute atomic E-state index is 0.0963. The van der Waals surface area contributed by atoms with Gasteiger partial charge in [-0.15, -0.1) is 11.8 Å². The molecule has 1 rings (SSSR count). The van der Waals surface area contributed by atoms with Gasteiger partial charge in [0.25, 0.3) is 0 Å². The van der Waals surface area contributed by atoms with Crippen molar-refractivity contribution in [3.63, 3.8) is 0 Å². The Bertz CT molecular complexity index is 468. The zero-order valence-electron chi connectivity index (χ0n) is 9.68. The van der Waals surface area contributed by atoms with Crippen LogP contribution in [0.5, 0.6) is 0 Å². The number of alkyl halides is 3. The summed E-state index contributed by atoms with van der Waals surface area (Å²) in [5, 5.41) is 9.64. The summed E-state index contributed by atoms with van der Waals surface area (Å²) in [4.78, 5) is 0. The molecule has 1 aromatic rings. The number of hydrogen-bond acceptors (Lipinski definition) is 1. The lowest BCUT2D eigenvalue weighted by atomic mass is 10.0. The maximum absolute atomic E-state index is 13.4. The first-order chi connectivity index (χ1) is 8.36. The molecule has 1 N–H and O–H groups in total. The molecular weight excluding hydrogens is 248 g/mol. The third-order valence-electron chi connectivity index (χ3n) is 2.40. The number of rotatable bonds is 3. The number of halogens is 4. The van der Waals surface area contributed by atoms with Gasteiger partial charge in [-0.2, -0.15) is 13.2 Å². The molecular formula is C13H12F4O. The molecule has 0 saturated carbocycles. The first kappa shape index (κ1) is 14.5. The van der Waals surface area contributed by atoms with Crippen molar-refractivity contribution in [1.29, 1.82) is 0 Å². The fourth-order valence-corrected chi connectivity index (χ4v) is 1.46. The highest BCUT2D eigenvalue weighted by Gasteiger charge is 2.31. The molecule has 0 aromatic heterocycles. The quantitative estimate of drug-likeness (QED) is 0.649. The van der Waals surface area contributed by atoms with Crippen LogP contribution < -0.4 is 0 Å². The van der Waals surface area contributed by atoms with E-state index in [9.17, 15) is 22.7 Å². The fraction of sp³-hybridized carbons (Fsp3) is 0.385. The summed E-state index contributed by atoms with van der Waals surface area (Å²) in [6, 6.07) is 2.00. The average molecular weight is 260 g/mol. The van der Waals surface area contributed by atoms with E-state index in [1.165, 1.54) is 0 Å². The van der Waals surface area contributed by atoms with Gasteiger partial charge >= 0.3 is 6.18 Å². The number of aliphatic hydroxyl groups is 1. The monoisotopic (exact) mass is 260 g/mol. The van der Waals surface area contributed by atoms with E-state index in [1.54, 1.807) is 6.92 Å². The molecule has 5 heteroatoms. The van der Waals surface area contributed by atoms with Gasteiger partial charge in [-0.25, -0.2) is 4.39 Å². The normalized spacial score (nSPS) is 12.8. The van der Waals surface area contributed by atoms with Crippen LogP contribution in [-0.4, -0.2) is 5.11 Å². The van der Waals surface area contributed by atoms with Crippen LogP contribution in [0.3, 0.4) is 0 Å². The lowest BCUT2D eigenvalue weighted by Crippen LogP contribution is -2.08. The summed E-state index contributed by atoms with van der Waals surface area (Å²) in [5.41, 5.74) is -1.32. The van der Waals surface area contributed by atoms with Crippen molar-refractivity contribution in [1.82, 2.24) is 0 Å². The average Bonchev–Trinajstić information content (AvgIpc) is 2.28. The summed E-state index contributed by atoms with van der Waals surface area (Å²) in [7, 11) is 0. The van der Waals surface area contributed by atoms with Crippen molar-refractivity contribution < 1.29 is 22.7 Å². The Kier molecular flexibility index (Phi) is 4.74. The van der Waals surface area contributed by atoms with E-state index in [2.05, 4.69) is 11.8 Å². The molecule has 1 atom stereocenters. The van der Waals surface area contributed by atoms with Gasteiger partial charge in [0.05, 0.1) is 11.7 Å². The summed E-state index contributed by atoms with van der Waals surface area (Å²) in [6.07, 6.45) is -5.44. The van der Waals surface area contributed by atoms with Crippen LogP contribution in [0.25, 0.3) is 0 Å². The van der Waals surface area contributed by atoms with E-state index in [0.29, 0.717) is 24.6 Å². The Morgan fingerprint density at radius 3 is 2.56 bits per heavy atom. The molecule has 0 heterocycles. The zero-order valence-corrected chi connectivity index (χ0v) is 9.68. The van der Waals surface area contributed by atoms with Crippen molar-refractivity contribution in [2.24, 2.45) is 0 Å². The number of aliphatic hydroxyl groups excluding tert-OH is 1. The zero-order chi connectivity index (χ0) is 13.8. The van der Waals surface area contributed by atoms with Crippen molar-refractivity contribution in [2.45, 2.75) is 32.0 Å². The molecule has 1 nitrogen and oxygen atoms in total. The largest absolute Gasteiger partial charge is 0.416 e. The summed E-state index contributed by atoms with van der Waals surface area (Å²) in [6.45, 7) is 1.61. The van der Waals surface area contributed by atoms with Crippen LogP contribution in [0.1, 0.15) is 37.0 Å². The molecule has 0 aliphatic heterocycles. The molecule has 1 unspecified atom stereocenters. The highest BCUT2D eigenvalue weighted by molar-refractivity contribution is 5.28. The minimum Gasteiger partial charge on any atom is -0.388 e. The molecule has 0 aliphatic rings. The van der Waals surface area contributed by atoms with Gasteiger partial charge < -0.3 is 5.11 Å². The van der Waals surface area contributed by atoms with E-state index in [-0.39, 0.29) is 12.0 Å². The summed E-state index contributed by atoms with van der Waals surface area (Å²) in [5.74, 6) is 4.40. The highest BCUT2D eigenvalue weighted by atomic mass is 19.4. The fourth-order valence-electron chi connectivity index (χ4n) is 1.46. The molecule has 1 aromatic carbocycles. The third kappa shape index (κ3) is 3.74. The number of hydrogen-bond donors (Lipinski definition) is 1. The molecule has 0 amide bonds. The van der Waals surface area contributed by atoms with Gasteiger partial charge in [0.2, 0.25) is 0 Å². The molecule has 0 radical (unpaired) electrons. The van der Waals surface area contributed by atoms with Crippen molar-refractivity contribution >= 4 is 0 Å².